The second-order valence-corrected chi connectivity index (χ2v) is 6.26. The van der Waals surface area contributed by atoms with Crippen LogP contribution in [-0.4, -0.2) is 25.7 Å². The van der Waals surface area contributed by atoms with Crippen LogP contribution < -0.4 is 10.2 Å². The largest absolute Gasteiger partial charge is 0.370 e. The number of hydrogen-bond donors (Lipinski definition) is 1. The summed E-state index contributed by atoms with van der Waals surface area (Å²) in [6.07, 6.45) is 5.07. The van der Waals surface area contributed by atoms with Gasteiger partial charge in [-0.25, -0.2) is 0 Å². The first-order chi connectivity index (χ1) is 9.78. The summed E-state index contributed by atoms with van der Waals surface area (Å²) in [6, 6.07) is 8.50. The van der Waals surface area contributed by atoms with Gasteiger partial charge in [0.15, 0.2) is 0 Å². The molecule has 2 fully saturated rings. The zero-order valence-electron chi connectivity index (χ0n) is 11.6. The van der Waals surface area contributed by atoms with Crippen LogP contribution in [0.1, 0.15) is 31.2 Å². The van der Waals surface area contributed by atoms with Gasteiger partial charge in [0.2, 0.25) is 0 Å². The molecule has 2 atom stereocenters. The van der Waals surface area contributed by atoms with Crippen molar-refractivity contribution in [2.75, 3.05) is 24.5 Å². The molecule has 3 nitrogen and oxygen atoms in total. The fourth-order valence-electron chi connectivity index (χ4n) is 3.53. The minimum Gasteiger partial charge on any atom is -0.370 e. The summed E-state index contributed by atoms with van der Waals surface area (Å²) >= 11 is 6.11. The molecule has 2 heterocycles. The molecule has 0 bridgehead atoms. The molecule has 0 spiro atoms. The van der Waals surface area contributed by atoms with E-state index in [1.807, 2.05) is 12.1 Å². The third-order valence-corrected chi connectivity index (χ3v) is 4.78. The summed E-state index contributed by atoms with van der Waals surface area (Å²) < 4.78 is 0. The van der Waals surface area contributed by atoms with Crippen LogP contribution in [0.5, 0.6) is 0 Å². The predicted molar refractivity (Wildman–Crippen MR) is 82.1 cm³/mol. The maximum atomic E-state index is 9.29. The lowest BCUT2D eigenvalue weighted by molar-refractivity contribution is 0.329. The van der Waals surface area contributed by atoms with Crippen LogP contribution in [0.3, 0.4) is 0 Å². The van der Waals surface area contributed by atoms with Gasteiger partial charge in [-0.1, -0.05) is 11.6 Å². The monoisotopic (exact) mass is 289 g/mol. The van der Waals surface area contributed by atoms with Crippen LogP contribution >= 0.6 is 11.6 Å². The number of nitrogens with zero attached hydrogens (tertiary/aromatic N) is 2. The molecule has 1 aromatic rings. The van der Waals surface area contributed by atoms with Gasteiger partial charge in [0.25, 0.3) is 0 Å². The molecule has 0 radical (unpaired) electrons. The maximum absolute atomic E-state index is 9.29. The number of piperidine rings is 1. The summed E-state index contributed by atoms with van der Waals surface area (Å²) in [7, 11) is 0. The van der Waals surface area contributed by atoms with Crippen molar-refractivity contribution in [1.82, 2.24) is 5.32 Å². The van der Waals surface area contributed by atoms with Gasteiger partial charge in [0.1, 0.15) is 6.07 Å². The second kappa shape index (κ2) is 6.03. The quantitative estimate of drug-likeness (QED) is 0.909. The minimum atomic E-state index is 0.655. The molecule has 4 heteroatoms. The lowest BCUT2D eigenvalue weighted by Crippen LogP contribution is -2.43. The number of rotatable bonds is 2. The highest BCUT2D eigenvalue weighted by Gasteiger charge is 2.29. The van der Waals surface area contributed by atoms with Crippen LogP contribution in [0.4, 0.5) is 5.69 Å². The average molecular weight is 290 g/mol. The molecule has 2 saturated heterocycles. The van der Waals surface area contributed by atoms with Crippen LogP contribution in [0.2, 0.25) is 5.02 Å². The average Bonchev–Trinajstić information content (AvgIpc) is 3.01. The number of nitrogens with one attached hydrogen (secondary N) is 1. The molecule has 2 aliphatic heterocycles. The molecule has 0 saturated carbocycles. The summed E-state index contributed by atoms with van der Waals surface area (Å²) in [4.78, 5) is 2.35. The topological polar surface area (TPSA) is 39.1 Å². The van der Waals surface area contributed by atoms with E-state index < -0.39 is 0 Å². The zero-order valence-corrected chi connectivity index (χ0v) is 12.4. The van der Waals surface area contributed by atoms with E-state index in [0.717, 1.165) is 30.9 Å². The minimum absolute atomic E-state index is 0.655. The van der Waals surface area contributed by atoms with Gasteiger partial charge in [-0.05, 0) is 56.3 Å². The van der Waals surface area contributed by atoms with E-state index in [1.165, 1.54) is 25.7 Å². The summed E-state index contributed by atoms with van der Waals surface area (Å²) in [6.45, 7) is 3.21. The van der Waals surface area contributed by atoms with E-state index in [2.05, 4.69) is 16.3 Å². The zero-order chi connectivity index (χ0) is 13.9. The molecule has 2 unspecified atom stereocenters. The van der Waals surface area contributed by atoms with Crippen LogP contribution in [0, 0.1) is 17.2 Å². The fraction of sp³-hybridized carbons (Fsp3) is 0.562. The molecule has 3 rings (SSSR count). The van der Waals surface area contributed by atoms with Gasteiger partial charge in [-0.2, -0.15) is 5.26 Å². The molecule has 1 N–H and O–H groups in total. The van der Waals surface area contributed by atoms with Crippen molar-refractivity contribution in [3.8, 4) is 6.07 Å². The van der Waals surface area contributed by atoms with E-state index in [1.54, 1.807) is 6.07 Å². The van der Waals surface area contributed by atoms with Crippen LogP contribution in [0.25, 0.3) is 0 Å². The molecule has 106 valence electrons. The first kappa shape index (κ1) is 13.7. The van der Waals surface area contributed by atoms with Gasteiger partial charge >= 0.3 is 0 Å². The van der Waals surface area contributed by atoms with Crippen molar-refractivity contribution < 1.29 is 0 Å². The highest BCUT2D eigenvalue weighted by Crippen LogP contribution is 2.31. The van der Waals surface area contributed by atoms with Crippen molar-refractivity contribution in [2.45, 2.75) is 31.7 Å². The predicted octanol–water partition coefficient (Wildman–Crippen LogP) is 3.18. The van der Waals surface area contributed by atoms with E-state index in [9.17, 15) is 5.26 Å². The van der Waals surface area contributed by atoms with Crippen molar-refractivity contribution in [2.24, 2.45) is 5.92 Å². The smallest absolute Gasteiger partial charge is 0.101 e. The maximum Gasteiger partial charge on any atom is 0.101 e. The number of nitriles is 1. The third-order valence-electron chi connectivity index (χ3n) is 4.55. The van der Waals surface area contributed by atoms with E-state index in [-0.39, 0.29) is 0 Å². The SMILES string of the molecule is N#Cc1ccc(Cl)cc1N1CCCC(C2CCCN2)C1. The Morgan fingerprint density at radius 2 is 2.20 bits per heavy atom. The highest BCUT2D eigenvalue weighted by atomic mass is 35.5. The molecule has 2 aliphatic rings. The van der Waals surface area contributed by atoms with Crippen molar-refractivity contribution in [1.29, 1.82) is 5.26 Å². The Labute approximate surface area is 125 Å². The first-order valence-electron chi connectivity index (χ1n) is 7.46. The van der Waals surface area contributed by atoms with E-state index in [0.29, 0.717) is 17.0 Å². The lowest BCUT2D eigenvalue weighted by Gasteiger charge is -2.37. The standard InChI is InChI=1S/C16H20ClN3/c17-14-6-5-12(10-18)16(9-14)20-8-2-3-13(11-20)15-4-1-7-19-15/h5-6,9,13,15,19H,1-4,7-8,11H2. The second-order valence-electron chi connectivity index (χ2n) is 5.82. The molecule has 0 amide bonds. The number of halogens is 1. The Balaban J connectivity index is 1.79. The molecular formula is C16H20ClN3. The number of benzene rings is 1. The number of hydrogen-bond acceptors (Lipinski definition) is 3. The van der Waals surface area contributed by atoms with Crippen molar-refractivity contribution in [3.63, 3.8) is 0 Å². The molecule has 1 aromatic carbocycles. The van der Waals surface area contributed by atoms with Crippen molar-refractivity contribution in [3.05, 3.63) is 28.8 Å². The van der Waals surface area contributed by atoms with Gasteiger partial charge in [-0.3, -0.25) is 0 Å². The van der Waals surface area contributed by atoms with Crippen LogP contribution in [0.15, 0.2) is 18.2 Å². The molecule has 0 aliphatic carbocycles. The lowest BCUT2D eigenvalue weighted by atomic mass is 9.89. The van der Waals surface area contributed by atoms with Crippen molar-refractivity contribution >= 4 is 17.3 Å². The molecule has 0 aromatic heterocycles. The Kier molecular flexibility index (Phi) is 4.14. The van der Waals surface area contributed by atoms with Gasteiger partial charge in [0, 0.05) is 24.2 Å². The van der Waals surface area contributed by atoms with Gasteiger partial charge < -0.3 is 10.2 Å². The molecular weight excluding hydrogens is 270 g/mol. The fourth-order valence-corrected chi connectivity index (χ4v) is 3.70. The van der Waals surface area contributed by atoms with E-state index in [4.69, 9.17) is 11.6 Å². The summed E-state index contributed by atoms with van der Waals surface area (Å²) in [5.74, 6) is 0.691. The first-order valence-corrected chi connectivity index (χ1v) is 7.83. The van der Waals surface area contributed by atoms with Gasteiger partial charge in [-0.15, -0.1) is 0 Å². The van der Waals surface area contributed by atoms with Gasteiger partial charge in [0.05, 0.1) is 11.3 Å². The third kappa shape index (κ3) is 2.77. The Hall–Kier alpha value is -1.24. The molecule has 20 heavy (non-hydrogen) atoms. The Bertz CT molecular complexity index is 517. The Morgan fingerprint density at radius 3 is 2.95 bits per heavy atom. The van der Waals surface area contributed by atoms with E-state index >= 15 is 0 Å². The highest BCUT2D eigenvalue weighted by molar-refractivity contribution is 6.30. The summed E-state index contributed by atoms with van der Waals surface area (Å²) in [5, 5.41) is 13.6. The summed E-state index contributed by atoms with van der Waals surface area (Å²) in [5.41, 5.74) is 1.73. The van der Waals surface area contributed by atoms with Crippen LogP contribution in [-0.2, 0) is 0 Å². The normalized spacial score (nSPS) is 26.5. The number of anilines is 1. The Morgan fingerprint density at radius 1 is 1.30 bits per heavy atom.